The smallest absolute Gasteiger partial charge is 0.321 e. The van der Waals surface area contributed by atoms with Gasteiger partial charge in [0.2, 0.25) is 0 Å². The molecule has 3 heterocycles. The lowest BCUT2D eigenvalue weighted by atomic mass is 9.88. The fourth-order valence-corrected chi connectivity index (χ4v) is 4.30. The van der Waals surface area contributed by atoms with Crippen molar-refractivity contribution in [3.05, 3.63) is 47.5 Å². The molecule has 2 aliphatic heterocycles. The van der Waals surface area contributed by atoms with Crippen molar-refractivity contribution in [2.24, 2.45) is 5.92 Å². The van der Waals surface area contributed by atoms with Gasteiger partial charge in [0.05, 0.1) is 17.3 Å². The Hall–Kier alpha value is -2.58. The molecule has 2 aliphatic rings. The number of anilines is 1. The zero-order valence-electron chi connectivity index (χ0n) is 17.8. The van der Waals surface area contributed by atoms with Gasteiger partial charge in [0, 0.05) is 44.9 Å². The van der Waals surface area contributed by atoms with Gasteiger partial charge >= 0.3 is 6.03 Å². The van der Waals surface area contributed by atoms with Crippen LogP contribution in [-0.2, 0) is 21.7 Å². The number of hydrogen-bond acceptors (Lipinski definition) is 4. The highest BCUT2D eigenvalue weighted by Gasteiger charge is 2.47. The van der Waals surface area contributed by atoms with E-state index in [-0.39, 0.29) is 11.9 Å². The lowest BCUT2D eigenvalue weighted by Gasteiger charge is -2.45. The Morgan fingerprint density at radius 3 is 2.74 bits per heavy atom. The molecule has 2 aromatic rings. The number of amides is 3. The van der Waals surface area contributed by atoms with E-state index >= 15 is 0 Å². The molecule has 166 valence electrons. The molecule has 0 saturated carbocycles. The third-order valence-corrected chi connectivity index (χ3v) is 6.13. The van der Waals surface area contributed by atoms with Crippen molar-refractivity contribution in [3.63, 3.8) is 0 Å². The first kappa shape index (κ1) is 21.6. The number of urea groups is 1. The Kier molecular flexibility index (Phi) is 6.20. The Morgan fingerprint density at radius 1 is 1.29 bits per heavy atom. The number of piperidine rings is 1. The summed E-state index contributed by atoms with van der Waals surface area (Å²) in [5.41, 5.74) is -0.0937. The molecule has 9 heteroatoms. The zero-order chi connectivity index (χ0) is 22.0. The summed E-state index contributed by atoms with van der Waals surface area (Å²) >= 11 is 6.16. The SMILES string of the molecule is CC(C)CNC(=O)C1Cn2ccnc2C2(CCN(C(=O)Nc3ccccc3Cl)CC2)O1. The summed E-state index contributed by atoms with van der Waals surface area (Å²) in [6.45, 7) is 6.14. The van der Waals surface area contributed by atoms with Gasteiger partial charge < -0.3 is 24.8 Å². The highest BCUT2D eigenvalue weighted by atomic mass is 35.5. The van der Waals surface area contributed by atoms with Gasteiger partial charge in [0.25, 0.3) is 5.91 Å². The molecule has 8 nitrogen and oxygen atoms in total. The molecule has 1 saturated heterocycles. The minimum absolute atomic E-state index is 0.105. The van der Waals surface area contributed by atoms with Gasteiger partial charge in [-0.15, -0.1) is 0 Å². The van der Waals surface area contributed by atoms with E-state index < -0.39 is 11.7 Å². The molecule has 31 heavy (non-hydrogen) atoms. The van der Waals surface area contributed by atoms with Crippen LogP contribution in [0, 0.1) is 5.92 Å². The van der Waals surface area contributed by atoms with E-state index in [4.69, 9.17) is 16.3 Å². The number of nitrogens with one attached hydrogen (secondary N) is 2. The largest absolute Gasteiger partial charge is 0.354 e. The van der Waals surface area contributed by atoms with Crippen molar-refractivity contribution in [1.82, 2.24) is 19.8 Å². The monoisotopic (exact) mass is 445 g/mol. The van der Waals surface area contributed by atoms with Crippen LogP contribution >= 0.6 is 11.6 Å². The first-order valence-electron chi connectivity index (χ1n) is 10.7. The molecule has 0 radical (unpaired) electrons. The fourth-order valence-electron chi connectivity index (χ4n) is 4.12. The molecular formula is C22H28ClN5O3. The number of para-hydroxylation sites is 1. The standard InChI is InChI=1S/C22H28ClN5O3/c1-15(2)13-25-19(29)18-14-28-12-9-24-20(28)22(31-18)7-10-27(11-8-22)21(30)26-17-6-4-3-5-16(17)23/h3-6,9,12,15,18H,7-8,10-11,13-14H2,1-2H3,(H,25,29)(H,26,30). The number of imidazole rings is 1. The average molecular weight is 446 g/mol. The molecule has 0 bridgehead atoms. The number of benzene rings is 1. The third kappa shape index (κ3) is 4.55. The van der Waals surface area contributed by atoms with E-state index in [1.165, 1.54) is 0 Å². The molecule has 1 spiro atoms. The minimum atomic E-state index is -0.678. The van der Waals surface area contributed by atoms with E-state index in [1.807, 2.05) is 22.9 Å². The molecule has 1 atom stereocenters. The van der Waals surface area contributed by atoms with Crippen LogP contribution in [0.3, 0.4) is 0 Å². The van der Waals surface area contributed by atoms with E-state index in [9.17, 15) is 9.59 Å². The van der Waals surface area contributed by atoms with Gasteiger partial charge in [0.15, 0.2) is 6.10 Å². The van der Waals surface area contributed by atoms with Gasteiger partial charge in [-0.05, 0) is 18.1 Å². The maximum atomic E-state index is 12.7. The summed E-state index contributed by atoms with van der Waals surface area (Å²) in [7, 11) is 0. The highest BCUT2D eigenvalue weighted by molar-refractivity contribution is 6.33. The topological polar surface area (TPSA) is 88.5 Å². The van der Waals surface area contributed by atoms with E-state index in [1.54, 1.807) is 23.2 Å². The quantitative estimate of drug-likeness (QED) is 0.756. The van der Waals surface area contributed by atoms with Crippen LogP contribution in [0.2, 0.25) is 5.02 Å². The fraction of sp³-hybridized carbons (Fsp3) is 0.500. The Labute approximate surface area is 186 Å². The molecule has 1 fully saturated rings. The molecule has 1 unspecified atom stereocenters. The molecule has 1 aromatic heterocycles. The number of aromatic nitrogens is 2. The normalized spacial score (nSPS) is 19.9. The maximum absolute atomic E-state index is 12.7. The van der Waals surface area contributed by atoms with Crippen molar-refractivity contribution in [2.75, 3.05) is 25.0 Å². The summed E-state index contributed by atoms with van der Waals surface area (Å²) in [5.74, 6) is 1.09. The Morgan fingerprint density at radius 2 is 2.03 bits per heavy atom. The van der Waals surface area contributed by atoms with Gasteiger partial charge in [-0.1, -0.05) is 37.6 Å². The molecule has 0 aliphatic carbocycles. The maximum Gasteiger partial charge on any atom is 0.321 e. The second kappa shape index (κ2) is 8.88. The van der Waals surface area contributed by atoms with Crippen molar-refractivity contribution >= 4 is 29.2 Å². The van der Waals surface area contributed by atoms with Crippen LogP contribution in [0.5, 0.6) is 0 Å². The number of nitrogens with zero attached hydrogens (tertiary/aromatic N) is 3. The average Bonchev–Trinajstić information content (AvgIpc) is 3.24. The van der Waals surface area contributed by atoms with Gasteiger partial charge in [-0.25, -0.2) is 9.78 Å². The number of halogens is 1. The van der Waals surface area contributed by atoms with Crippen LogP contribution in [0.25, 0.3) is 0 Å². The number of carbonyl (C=O) groups is 2. The first-order valence-corrected chi connectivity index (χ1v) is 11.0. The lowest BCUT2D eigenvalue weighted by molar-refractivity contribution is -0.171. The molecular weight excluding hydrogens is 418 g/mol. The summed E-state index contributed by atoms with van der Waals surface area (Å²) in [5, 5.41) is 6.34. The van der Waals surface area contributed by atoms with Gasteiger partial charge in [0.1, 0.15) is 11.4 Å². The van der Waals surface area contributed by atoms with E-state index in [0.717, 1.165) is 5.82 Å². The second-order valence-electron chi connectivity index (χ2n) is 8.54. The summed E-state index contributed by atoms with van der Waals surface area (Å²) in [4.78, 5) is 31.7. The summed E-state index contributed by atoms with van der Waals surface area (Å²) < 4.78 is 8.39. The van der Waals surface area contributed by atoms with E-state index in [2.05, 4.69) is 29.5 Å². The van der Waals surface area contributed by atoms with Crippen LogP contribution in [-0.4, -0.2) is 52.1 Å². The number of ether oxygens (including phenoxy) is 1. The van der Waals surface area contributed by atoms with Gasteiger partial charge in [-0.2, -0.15) is 0 Å². The number of carbonyl (C=O) groups excluding carboxylic acids is 2. The highest BCUT2D eigenvalue weighted by Crippen LogP contribution is 2.40. The minimum Gasteiger partial charge on any atom is -0.354 e. The number of likely N-dealkylation sites (tertiary alicyclic amines) is 1. The first-order chi connectivity index (χ1) is 14.9. The number of rotatable bonds is 4. The van der Waals surface area contributed by atoms with Gasteiger partial charge in [-0.3, -0.25) is 4.79 Å². The number of hydrogen-bond donors (Lipinski definition) is 2. The van der Waals surface area contributed by atoms with Crippen molar-refractivity contribution in [3.8, 4) is 0 Å². The Bertz CT molecular complexity index is 952. The zero-order valence-corrected chi connectivity index (χ0v) is 18.6. The van der Waals surface area contributed by atoms with Crippen LogP contribution < -0.4 is 10.6 Å². The van der Waals surface area contributed by atoms with Crippen LogP contribution in [0.15, 0.2) is 36.7 Å². The van der Waals surface area contributed by atoms with Crippen LogP contribution in [0.1, 0.15) is 32.5 Å². The molecule has 2 N–H and O–H groups in total. The van der Waals surface area contributed by atoms with Crippen LogP contribution in [0.4, 0.5) is 10.5 Å². The molecule has 1 aromatic carbocycles. The number of fused-ring (bicyclic) bond motifs is 2. The lowest BCUT2D eigenvalue weighted by Crippen LogP contribution is -2.55. The third-order valence-electron chi connectivity index (χ3n) is 5.80. The van der Waals surface area contributed by atoms with Crippen molar-refractivity contribution < 1.29 is 14.3 Å². The van der Waals surface area contributed by atoms with E-state index in [0.29, 0.717) is 55.6 Å². The molecule has 3 amide bonds. The summed E-state index contributed by atoms with van der Waals surface area (Å²) in [6.07, 6.45) is 4.18. The molecule has 4 rings (SSSR count). The van der Waals surface area contributed by atoms with Crippen molar-refractivity contribution in [1.29, 1.82) is 0 Å². The van der Waals surface area contributed by atoms with Crippen molar-refractivity contribution in [2.45, 2.75) is 44.9 Å². The predicted molar refractivity (Wildman–Crippen MR) is 118 cm³/mol. The second-order valence-corrected chi connectivity index (χ2v) is 8.95. The summed E-state index contributed by atoms with van der Waals surface area (Å²) in [6, 6.07) is 6.95. The Balaban J connectivity index is 1.44. The predicted octanol–water partition coefficient (Wildman–Crippen LogP) is 3.23.